The van der Waals surface area contributed by atoms with Gasteiger partial charge in [-0.05, 0) is 119 Å². The Kier molecular flexibility index (Phi) is 24.1. The smallest absolute Gasteiger partial charge is 0.460 e. The molecule has 0 aromatic heterocycles. The number of benzene rings is 1. The third-order valence-corrected chi connectivity index (χ3v) is 16.2. The minimum atomic E-state index is -2.47. The Morgan fingerprint density at radius 1 is 0.833 bits per heavy atom. The van der Waals surface area contributed by atoms with Gasteiger partial charge < -0.3 is 47.9 Å². The van der Waals surface area contributed by atoms with E-state index in [1.165, 1.54) is 50.5 Å². The average molecular weight is 1090 g/mol. The van der Waals surface area contributed by atoms with Crippen LogP contribution in [0.2, 0.25) is 0 Å². The van der Waals surface area contributed by atoms with Crippen LogP contribution in [0.3, 0.4) is 0 Å². The van der Waals surface area contributed by atoms with Crippen LogP contribution >= 0.6 is 0 Å². The molecule has 1 N–H and O–H groups in total. The molecule has 0 radical (unpaired) electrons. The summed E-state index contributed by atoms with van der Waals surface area (Å²) < 4.78 is 46.9. The number of nitro groups is 1. The van der Waals surface area contributed by atoms with Crippen molar-refractivity contribution in [3.63, 3.8) is 0 Å². The van der Waals surface area contributed by atoms with Crippen LogP contribution in [-0.2, 0) is 57.1 Å². The highest BCUT2D eigenvalue weighted by Gasteiger charge is 2.53. The van der Waals surface area contributed by atoms with Gasteiger partial charge in [-0.3, -0.25) is 29.3 Å². The molecule has 15 atom stereocenters. The molecule has 1 aromatic rings. The number of cyclic esters (lactones) is 1. The van der Waals surface area contributed by atoms with E-state index in [4.69, 9.17) is 37.9 Å². The molecule has 3 fully saturated rings. The first-order chi connectivity index (χ1) is 37.0. The molecular formula is C59H84N2O17. The van der Waals surface area contributed by atoms with Gasteiger partial charge in [0.25, 0.3) is 17.4 Å². The van der Waals surface area contributed by atoms with Crippen LogP contribution in [-0.4, -0.2) is 140 Å². The van der Waals surface area contributed by atoms with Crippen LogP contribution in [0.25, 0.3) is 0 Å². The number of nitrogens with zero attached hydrogens (tertiary/aromatic N) is 2. The van der Waals surface area contributed by atoms with E-state index in [1.54, 1.807) is 34.0 Å². The standard InChI is InChI=1S/C59H84N2O17/c1-35-17-13-12-14-18-36(2)49(71-8)33-45-24-20-41(7)59(68,78-45)55(64)56(65)60-28-16-15-19-46(60)57(66)76-50(34-47(62)37(3)30-40(6)53(73-10)54(74-11)52(63)39(5)29-35)38(4)31-42-21-27-48(51(32-42)72-9)77-58(67)75-44-25-22-43(23-26-44)61(69)70/h12-14,17-18,22-23,25-26,30,35,37-39,41-42,45-46,48-51,53-54,68H,15-16,19-21,24,27-29,31-34H2,1-11H3/b14-12?,17-13+,36-18?,40-30+/t35-,37-,38-,39-,41-,42+,45+,46+,48-,49+,50+,51-,53-,54+,59-/m1/s1. The monoisotopic (exact) mass is 1090 g/mol. The molecule has 0 spiro atoms. The fourth-order valence-corrected chi connectivity index (χ4v) is 11.4. The summed E-state index contributed by atoms with van der Waals surface area (Å²) in [6, 6.07) is 3.81. The van der Waals surface area contributed by atoms with E-state index < -0.39 is 107 Å². The molecule has 1 aromatic carbocycles. The van der Waals surface area contributed by atoms with Crippen molar-refractivity contribution in [3.8, 4) is 5.75 Å². The van der Waals surface area contributed by atoms with Crippen molar-refractivity contribution >= 4 is 41.1 Å². The lowest BCUT2D eigenvalue weighted by Crippen LogP contribution is -2.61. The zero-order chi connectivity index (χ0) is 57.4. The second-order valence-corrected chi connectivity index (χ2v) is 22.0. The number of methoxy groups -OCH3 is 4. The summed E-state index contributed by atoms with van der Waals surface area (Å²) in [6.07, 6.45) is 9.79. The van der Waals surface area contributed by atoms with E-state index in [0.29, 0.717) is 69.8 Å². The fraction of sp³-hybridized carbons (Fsp3) is 0.661. The van der Waals surface area contributed by atoms with Crippen molar-refractivity contribution < 1.29 is 76.7 Å². The summed E-state index contributed by atoms with van der Waals surface area (Å²) in [7, 11) is 6.01. The van der Waals surface area contributed by atoms with Crippen LogP contribution in [0.1, 0.15) is 126 Å². The second-order valence-electron chi connectivity index (χ2n) is 22.0. The quantitative estimate of drug-likeness (QED) is 0.0574. The first-order valence-electron chi connectivity index (χ1n) is 27.5. The Bertz CT molecular complexity index is 2360. The fourth-order valence-electron chi connectivity index (χ4n) is 11.4. The number of ether oxygens (including phenoxy) is 8. The van der Waals surface area contributed by atoms with Crippen LogP contribution in [0.5, 0.6) is 5.75 Å². The van der Waals surface area contributed by atoms with E-state index in [0.717, 1.165) is 5.57 Å². The minimum Gasteiger partial charge on any atom is -0.460 e. The molecule has 19 nitrogen and oxygen atoms in total. The summed E-state index contributed by atoms with van der Waals surface area (Å²) in [6.45, 7) is 12.9. The lowest BCUT2D eigenvalue weighted by Gasteiger charge is -2.42. The number of hydrogen-bond donors (Lipinski definition) is 1. The van der Waals surface area contributed by atoms with Gasteiger partial charge in [0.1, 0.15) is 42.0 Å². The molecule has 5 rings (SSSR count). The van der Waals surface area contributed by atoms with Gasteiger partial charge in [-0.1, -0.05) is 71.1 Å². The number of esters is 1. The SMILES string of the molecule is CO[C@H]1C[C@@H]2CC[C@@H](C)[C@@](O)(O2)C(=O)C(=O)N2CCCC[C@H]2C(=O)O[C@H]([C@H](C)C[C@@H]2CC[C@@H](OC(=O)Oc3ccc([N+](=O)[O-])cc3)[C@H](OC)C2)CC(=O)[C@H](C)/C=C(\C)[C@@H](OC)[C@@H](OC)C(=O)[C@H](C)C[C@H](C)/C=C/C=CC=C1C. The van der Waals surface area contributed by atoms with E-state index in [2.05, 4.69) is 0 Å². The summed E-state index contributed by atoms with van der Waals surface area (Å²) in [5.74, 6) is -8.19. The van der Waals surface area contributed by atoms with Crippen LogP contribution in [0.4, 0.5) is 10.5 Å². The summed E-state index contributed by atoms with van der Waals surface area (Å²) in [5, 5.41) is 23.1. The summed E-state index contributed by atoms with van der Waals surface area (Å²) in [5.41, 5.74) is 1.30. The Labute approximate surface area is 459 Å². The average Bonchev–Trinajstić information content (AvgIpc) is 3.46. The number of ketones is 3. The molecule has 19 heteroatoms. The van der Waals surface area contributed by atoms with Crippen molar-refractivity contribution in [2.24, 2.45) is 35.5 Å². The molecule has 1 amide bonds. The Balaban J connectivity index is 1.43. The van der Waals surface area contributed by atoms with Gasteiger partial charge in [0.2, 0.25) is 5.79 Å². The lowest BCUT2D eigenvalue weighted by molar-refractivity contribution is -0.384. The zero-order valence-corrected chi connectivity index (χ0v) is 47.4. The zero-order valence-electron chi connectivity index (χ0n) is 47.4. The normalized spacial score (nSPS) is 34.3. The number of hydrogen-bond acceptors (Lipinski definition) is 17. The molecule has 3 aliphatic heterocycles. The number of allylic oxidation sites excluding steroid dienone is 6. The number of carbonyl (C=O) groups is 6. The van der Waals surface area contributed by atoms with Crippen molar-refractivity contribution in [2.45, 2.75) is 180 Å². The number of amides is 1. The maximum atomic E-state index is 14.6. The maximum absolute atomic E-state index is 14.6. The third kappa shape index (κ3) is 16.8. The topological polar surface area (TPSA) is 243 Å². The van der Waals surface area contributed by atoms with Crippen LogP contribution < -0.4 is 4.74 Å². The highest BCUT2D eigenvalue weighted by Crippen LogP contribution is 2.38. The minimum absolute atomic E-state index is 0.0257. The third-order valence-electron chi connectivity index (χ3n) is 16.2. The first kappa shape index (κ1) is 63.4. The van der Waals surface area contributed by atoms with Crippen LogP contribution in [0, 0.1) is 45.6 Å². The molecule has 1 aliphatic carbocycles. The molecule has 3 heterocycles. The van der Waals surface area contributed by atoms with Gasteiger partial charge in [0, 0.05) is 77.7 Å². The summed E-state index contributed by atoms with van der Waals surface area (Å²) in [4.78, 5) is 96.5. The van der Waals surface area contributed by atoms with Crippen molar-refractivity contribution in [2.75, 3.05) is 35.0 Å². The van der Waals surface area contributed by atoms with Gasteiger partial charge >= 0.3 is 12.1 Å². The van der Waals surface area contributed by atoms with Gasteiger partial charge in [0.05, 0.1) is 23.2 Å². The largest absolute Gasteiger partial charge is 0.514 e. The Morgan fingerprint density at radius 2 is 1.54 bits per heavy atom. The first-order valence-corrected chi connectivity index (χ1v) is 27.5. The predicted octanol–water partition coefficient (Wildman–Crippen LogP) is 8.97. The van der Waals surface area contributed by atoms with E-state index in [1.807, 2.05) is 58.1 Å². The van der Waals surface area contributed by atoms with Gasteiger partial charge in [-0.25, -0.2) is 9.59 Å². The molecule has 2 bridgehead atoms. The molecular weight excluding hydrogens is 1010 g/mol. The lowest BCUT2D eigenvalue weighted by atomic mass is 9.78. The number of Topliss-reactive ketones (excluding diaryl/α,β-unsaturated/α-hetero) is 3. The molecule has 4 aliphatic rings. The number of rotatable bonds is 10. The highest BCUT2D eigenvalue weighted by molar-refractivity contribution is 6.39. The number of carbonyl (C=O) groups excluding carboxylic acids is 6. The maximum Gasteiger partial charge on any atom is 0.514 e. The molecule has 432 valence electrons. The number of aliphatic hydroxyl groups is 1. The molecule has 1 saturated carbocycles. The number of piperidine rings is 1. The van der Waals surface area contributed by atoms with Crippen molar-refractivity contribution in [1.29, 1.82) is 0 Å². The van der Waals surface area contributed by atoms with E-state index in [9.17, 15) is 44.0 Å². The number of nitro benzene ring substituents is 1. The van der Waals surface area contributed by atoms with Crippen LogP contribution in [0.15, 0.2) is 71.9 Å². The van der Waals surface area contributed by atoms with E-state index in [-0.39, 0.29) is 54.2 Å². The van der Waals surface area contributed by atoms with Crippen molar-refractivity contribution in [3.05, 3.63) is 82.0 Å². The van der Waals surface area contributed by atoms with Gasteiger partial charge in [0.15, 0.2) is 5.78 Å². The predicted molar refractivity (Wildman–Crippen MR) is 288 cm³/mol. The second kappa shape index (κ2) is 29.7. The number of fused-ring (bicyclic) bond motifs is 3. The van der Waals surface area contributed by atoms with Gasteiger partial charge in [-0.15, -0.1) is 0 Å². The molecule has 78 heavy (non-hydrogen) atoms. The summed E-state index contributed by atoms with van der Waals surface area (Å²) >= 11 is 0. The van der Waals surface area contributed by atoms with Gasteiger partial charge in [-0.2, -0.15) is 0 Å². The highest BCUT2D eigenvalue weighted by atomic mass is 16.7. The van der Waals surface area contributed by atoms with Crippen molar-refractivity contribution in [1.82, 2.24) is 4.90 Å². The molecule has 2 saturated heterocycles. The van der Waals surface area contributed by atoms with E-state index >= 15 is 0 Å². The Morgan fingerprint density at radius 3 is 2.19 bits per heavy atom. The number of non-ortho nitro benzene ring substituents is 1. The Hall–Kier alpha value is -5.44. The molecule has 0 unspecified atom stereocenters.